The van der Waals surface area contributed by atoms with Gasteiger partial charge in [0.25, 0.3) is 11.8 Å². The fraction of sp³-hybridized carbons (Fsp3) is 0.381. The van der Waals surface area contributed by atoms with Crippen LogP contribution in [0.1, 0.15) is 50.2 Å². The summed E-state index contributed by atoms with van der Waals surface area (Å²) < 4.78 is 4.48. The Morgan fingerprint density at radius 2 is 1.93 bits per heavy atom. The number of carbonyl (C=O) groups excluding carboxylic acids is 3. The molecule has 3 rings (SSSR count). The van der Waals surface area contributed by atoms with Crippen LogP contribution in [-0.4, -0.2) is 31.4 Å². The number of ether oxygens (including phenoxy) is 1. The third-order valence-electron chi connectivity index (χ3n) is 5.01. The molecule has 0 saturated heterocycles. The van der Waals surface area contributed by atoms with E-state index in [0.29, 0.717) is 11.3 Å². The predicted octanol–water partition coefficient (Wildman–Crippen LogP) is 3.42. The number of benzene rings is 1. The molecule has 2 amide bonds. The molecule has 1 aliphatic carbocycles. The molecule has 1 aromatic carbocycles. The highest BCUT2D eigenvalue weighted by molar-refractivity contribution is 7.14. The standard InChI is InChI=1S/C21H24N2O4S/c1-3-13-4-9-17-15(10-13)11-18(28-17)21(26)23-16-7-5-14(6-8-16)20(25)22-12-19(24)27-2/h5-8,11,13H,3-4,9-10,12H2,1-2H3,(H,22,25)(H,23,26)/t13-/m0/s1. The Hall–Kier alpha value is -2.67. The van der Waals surface area contributed by atoms with Gasteiger partial charge in [0.05, 0.1) is 12.0 Å². The zero-order valence-corrected chi connectivity index (χ0v) is 16.9. The number of fused-ring (bicyclic) bond motifs is 1. The molecule has 148 valence electrons. The molecule has 28 heavy (non-hydrogen) atoms. The van der Waals surface area contributed by atoms with E-state index in [4.69, 9.17) is 0 Å². The normalized spacial score (nSPS) is 15.4. The number of thiophene rings is 1. The molecule has 0 unspecified atom stereocenters. The number of amides is 2. The molecule has 0 bridgehead atoms. The van der Waals surface area contributed by atoms with E-state index in [0.717, 1.165) is 23.6 Å². The molecule has 0 radical (unpaired) electrons. The van der Waals surface area contributed by atoms with Crippen molar-refractivity contribution in [1.29, 1.82) is 0 Å². The molecule has 0 aliphatic heterocycles. The maximum Gasteiger partial charge on any atom is 0.325 e. The molecule has 7 heteroatoms. The van der Waals surface area contributed by atoms with Gasteiger partial charge in [-0.05, 0) is 61.1 Å². The topological polar surface area (TPSA) is 84.5 Å². The molecule has 2 aromatic rings. The number of nitrogens with one attached hydrogen (secondary N) is 2. The van der Waals surface area contributed by atoms with Crippen molar-refractivity contribution in [2.75, 3.05) is 19.0 Å². The van der Waals surface area contributed by atoms with Crippen LogP contribution in [0.3, 0.4) is 0 Å². The molecule has 1 aliphatic rings. The Labute approximate surface area is 168 Å². The van der Waals surface area contributed by atoms with Crippen LogP contribution in [0.2, 0.25) is 0 Å². The second kappa shape index (κ2) is 9.01. The third-order valence-corrected chi connectivity index (χ3v) is 6.25. The first-order valence-corrected chi connectivity index (χ1v) is 10.2. The number of anilines is 1. The Kier molecular flexibility index (Phi) is 6.46. The van der Waals surface area contributed by atoms with Gasteiger partial charge in [0.2, 0.25) is 0 Å². The van der Waals surface area contributed by atoms with Gasteiger partial charge in [0.1, 0.15) is 6.54 Å². The van der Waals surface area contributed by atoms with Crippen molar-refractivity contribution >= 4 is 34.8 Å². The monoisotopic (exact) mass is 400 g/mol. The van der Waals surface area contributed by atoms with Gasteiger partial charge in [-0.1, -0.05) is 13.3 Å². The summed E-state index contributed by atoms with van der Waals surface area (Å²) in [7, 11) is 1.26. The van der Waals surface area contributed by atoms with Crippen LogP contribution in [0.15, 0.2) is 30.3 Å². The minimum atomic E-state index is -0.513. The molecule has 0 fully saturated rings. The molecule has 2 N–H and O–H groups in total. The first kappa shape index (κ1) is 20.1. The van der Waals surface area contributed by atoms with Crippen molar-refractivity contribution < 1.29 is 19.1 Å². The first-order chi connectivity index (χ1) is 13.5. The van der Waals surface area contributed by atoms with Crippen LogP contribution in [-0.2, 0) is 22.4 Å². The molecule has 1 aromatic heterocycles. The summed E-state index contributed by atoms with van der Waals surface area (Å²) in [5.74, 6) is -0.299. The number of aryl methyl sites for hydroxylation is 1. The molecular weight excluding hydrogens is 376 g/mol. The fourth-order valence-corrected chi connectivity index (χ4v) is 4.39. The maximum absolute atomic E-state index is 12.6. The number of esters is 1. The van der Waals surface area contributed by atoms with Crippen molar-refractivity contribution in [1.82, 2.24) is 5.32 Å². The number of methoxy groups -OCH3 is 1. The minimum Gasteiger partial charge on any atom is -0.468 e. The van der Waals surface area contributed by atoms with Crippen LogP contribution in [0, 0.1) is 5.92 Å². The summed E-state index contributed by atoms with van der Waals surface area (Å²) in [5, 5.41) is 5.36. The number of carbonyl (C=O) groups is 3. The van der Waals surface area contributed by atoms with E-state index in [2.05, 4.69) is 22.3 Å². The van der Waals surface area contributed by atoms with Crippen molar-refractivity contribution in [3.05, 3.63) is 51.2 Å². The number of hydrogen-bond acceptors (Lipinski definition) is 5. The lowest BCUT2D eigenvalue weighted by molar-refractivity contribution is -0.139. The van der Waals surface area contributed by atoms with Gasteiger partial charge < -0.3 is 15.4 Å². The van der Waals surface area contributed by atoms with E-state index >= 15 is 0 Å². The first-order valence-electron chi connectivity index (χ1n) is 9.38. The molecule has 6 nitrogen and oxygen atoms in total. The molecule has 0 saturated carbocycles. The van der Waals surface area contributed by atoms with Gasteiger partial charge in [0, 0.05) is 16.1 Å². The highest BCUT2D eigenvalue weighted by atomic mass is 32.1. The van der Waals surface area contributed by atoms with Gasteiger partial charge in [-0.15, -0.1) is 11.3 Å². The van der Waals surface area contributed by atoms with Crippen LogP contribution < -0.4 is 10.6 Å². The summed E-state index contributed by atoms with van der Waals surface area (Å²) in [6.45, 7) is 2.03. The summed E-state index contributed by atoms with van der Waals surface area (Å²) in [5.41, 5.74) is 2.33. The number of hydrogen-bond donors (Lipinski definition) is 2. The van der Waals surface area contributed by atoms with E-state index in [-0.39, 0.29) is 18.4 Å². The van der Waals surface area contributed by atoms with Crippen molar-refractivity contribution in [2.24, 2.45) is 5.92 Å². The SMILES string of the molecule is CC[C@H]1CCc2sc(C(=O)Nc3ccc(C(=O)NCC(=O)OC)cc3)cc2C1. The second-order valence-electron chi connectivity index (χ2n) is 6.87. The zero-order valence-electron chi connectivity index (χ0n) is 16.0. The van der Waals surface area contributed by atoms with E-state index < -0.39 is 5.97 Å². The summed E-state index contributed by atoms with van der Waals surface area (Å²) in [6.07, 6.45) is 4.49. The van der Waals surface area contributed by atoms with Crippen LogP contribution in [0.4, 0.5) is 5.69 Å². The van der Waals surface area contributed by atoms with Gasteiger partial charge in [-0.25, -0.2) is 0 Å². The minimum absolute atomic E-state index is 0.129. The van der Waals surface area contributed by atoms with E-state index in [9.17, 15) is 14.4 Å². The Morgan fingerprint density at radius 1 is 1.18 bits per heavy atom. The second-order valence-corrected chi connectivity index (χ2v) is 8.00. The quantitative estimate of drug-likeness (QED) is 0.728. The highest BCUT2D eigenvalue weighted by Crippen LogP contribution is 2.33. The highest BCUT2D eigenvalue weighted by Gasteiger charge is 2.22. The molecule has 1 atom stereocenters. The summed E-state index contributed by atoms with van der Waals surface area (Å²) in [6, 6.07) is 8.57. The van der Waals surface area contributed by atoms with Crippen LogP contribution in [0.5, 0.6) is 0 Å². The van der Waals surface area contributed by atoms with Gasteiger partial charge in [-0.2, -0.15) is 0 Å². The third kappa shape index (κ3) is 4.78. The largest absolute Gasteiger partial charge is 0.468 e. The maximum atomic E-state index is 12.6. The smallest absolute Gasteiger partial charge is 0.325 e. The van der Waals surface area contributed by atoms with E-state index in [1.807, 2.05) is 6.07 Å². The number of rotatable bonds is 6. The van der Waals surface area contributed by atoms with E-state index in [1.165, 1.54) is 30.4 Å². The van der Waals surface area contributed by atoms with Crippen molar-refractivity contribution in [3.63, 3.8) is 0 Å². The molecular formula is C21H24N2O4S. The zero-order chi connectivity index (χ0) is 20.1. The predicted molar refractivity (Wildman–Crippen MR) is 109 cm³/mol. The van der Waals surface area contributed by atoms with E-state index in [1.54, 1.807) is 35.6 Å². The average Bonchev–Trinajstić information content (AvgIpc) is 3.15. The molecule has 0 spiro atoms. The van der Waals surface area contributed by atoms with Crippen LogP contribution >= 0.6 is 11.3 Å². The van der Waals surface area contributed by atoms with Gasteiger partial charge in [0.15, 0.2) is 0 Å². The van der Waals surface area contributed by atoms with Crippen LogP contribution in [0.25, 0.3) is 0 Å². The van der Waals surface area contributed by atoms with Crippen molar-refractivity contribution in [2.45, 2.75) is 32.6 Å². The fourth-order valence-electron chi connectivity index (χ4n) is 3.28. The summed E-state index contributed by atoms with van der Waals surface area (Å²) >= 11 is 1.57. The lowest BCUT2D eigenvalue weighted by Gasteiger charge is -2.19. The lowest BCUT2D eigenvalue weighted by Crippen LogP contribution is -2.30. The Balaban J connectivity index is 1.60. The van der Waals surface area contributed by atoms with Gasteiger partial charge >= 0.3 is 5.97 Å². The Bertz CT molecular complexity index is 873. The van der Waals surface area contributed by atoms with Crippen molar-refractivity contribution in [3.8, 4) is 0 Å². The molecule has 1 heterocycles. The lowest BCUT2D eigenvalue weighted by atomic mass is 9.87. The summed E-state index contributed by atoms with van der Waals surface area (Å²) in [4.78, 5) is 37.7. The average molecular weight is 401 g/mol. The van der Waals surface area contributed by atoms with Gasteiger partial charge in [-0.3, -0.25) is 14.4 Å². The Morgan fingerprint density at radius 3 is 2.61 bits per heavy atom.